The van der Waals surface area contributed by atoms with E-state index in [1.165, 1.54) is 18.4 Å². The van der Waals surface area contributed by atoms with E-state index in [0.717, 1.165) is 21.2 Å². The molecule has 0 bridgehead atoms. The van der Waals surface area contributed by atoms with Gasteiger partial charge in [-0.2, -0.15) is 0 Å². The summed E-state index contributed by atoms with van der Waals surface area (Å²) >= 11 is 6.84. The van der Waals surface area contributed by atoms with Crippen LogP contribution in [0.15, 0.2) is 33.7 Å². The van der Waals surface area contributed by atoms with Gasteiger partial charge in [0.15, 0.2) is 0 Å². The summed E-state index contributed by atoms with van der Waals surface area (Å²) in [4.78, 5) is 0. The van der Waals surface area contributed by atoms with Crippen LogP contribution >= 0.6 is 31.9 Å². The average molecular weight is 361 g/mol. The maximum atomic E-state index is 5.59. The first-order chi connectivity index (χ1) is 8.15. The molecule has 4 heteroatoms. The first kappa shape index (κ1) is 13.1. The van der Waals surface area contributed by atoms with Crippen LogP contribution in [0.2, 0.25) is 0 Å². The molecule has 0 heterocycles. The zero-order valence-electron chi connectivity index (χ0n) is 9.51. The van der Waals surface area contributed by atoms with Crippen molar-refractivity contribution in [3.8, 4) is 5.75 Å². The maximum Gasteiger partial charge on any atom is 0.120 e. The van der Waals surface area contributed by atoms with Crippen LogP contribution in [0.5, 0.6) is 5.75 Å². The van der Waals surface area contributed by atoms with Gasteiger partial charge in [-0.25, -0.2) is 0 Å². The number of nitrogens with one attached hydrogen (secondary N) is 1. The van der Waals surface area contributed by atoms with E-state index in [0.29, 0.717) is 12.6 Å². The normalized spacial score (nSPS) is 14.7. The van der Waals surface area contributed by atoms with Crippen LogP contribution in [-0.4, -0.2) is 12.6 Å². The van der Waals surface area contributed by atoms with Crippen molar-refractivity contribution in [2.24, 2.45) is 0 Å². The molecule has 0 atom stereocenters. The second-order valence-corrected chi connectivity index (χ2v) is 6.19. The molecule has 1 aromatic rings. The zero-order valence-corrected chi connectivity index (χ0v) is 12.7. The molecule has 0 aliphatic heterocycles. The van der Waals surface area contributed by atoms with Crippen LogP contribution in [0.4, 0.5) is 0 Å². The summed E-state index contributed by atoms with van der Waals surface area (Å²) in [5.74, 6) is 0.876. The van der Waals surface area contributed by atoms with Crippen molar-refractivity contribution >= 4 is 31.9 Å². The Morgan fingerprint density at radius 2 is 2.24 bits per heavy atom. The standard InChI is InChI=1S/C13H15Br2NO/c1-9(14)8-17-12-4-5-13(15)10(6-12)7-16-11-2-3-11/h4-6,11,16H,1-3,7-8H2. The van der Waals surface area contributed by atoms with E-state index in [4.69, 9.17) is 4.74 Å². The van der Waals surface area contributed by atoms with Crippen molar-refractivity contribution in [2.75, 3.05) is 6.61 Å². The molecule has 1 aliphatic carbocycles. The predicted octanol–water partition coefficient (Wildman–Crippen LogP) is 3.99. The van der Waals surface area contributed by atoms with Crippen LogP contribution in [0.25, 0.3) is 0 Å². The fourth-order valence-electron chi connectivity index (χ4n) is 1.48. The van der Waals surface area contributed by atoms with Crippen molar-refractivity contribution in [3.63, 3.8) is 0 Å². The zero-order chi connectivity index (χ0) is 12.3. The lowest BCUT2D eigenvalue weighted by Crippen LogP contribution is -2.15. The SMILES string of the molecule is C=C(Br)COc1ccc(Br)c(CNC2CC2)c1. The van der Waals surface area contributed by atoms with Crippen LogP contribution in [0.1, 0.15) is 18.4 Å². The lowest BCUT2D eigenvalue weighted by molar-refractivity contribution is 0.360. The molecule has 2 rings (SSSR count). The minimum atomic E-state index is 0.497. The molecule has 17 heavy (non-hydrogen) atoms. The van der Waals surface area contributed by atoms with E-state index < -0.39 is 0 Å². The Kier molecular flexibility index (Phi) is 4.65. The summed E-state index contributed by atoms with van der Waals surface area (Å²) in [6, 6.07) is 6.76. The first-order valence-electron chi connectivity index (χ1n) is 5.63. The molecule has 1 N–H and O–H groups in total. The Bertz CT molecular complexity index is 416. The van der Waals surface area contributed by atoms with E-state index in [9.17, 15) is 0 Å². The number of rotatable bonds is 6. The van der Waals surface area contributed by atoms with Gasteiger partial charge in [0.1, 0.15) is 12.4 Å². The van der Waals surface area contributed by atoms with Crippen molar-refractivity contribution < 1.29 is 4.74 Å². The summed E-state index contributed by atoms with van der Waals surface area (Å²) in [5, 5.41) is 3.49. The number of halogens is 2. The van der Waals surface area contributed by atoms with Crippen LogP contribution in [0.3, 0.4) is 0 Å². The number of benzene rings is 1. The van der Waals surface area contributed by atoms with Crippen LogP contribution in [-0.2, 0) is 6.54 Å². The largest absolute Gasteiger partial charge is 0.488 e. The molecule has 0 aromatic heterocycles. The molecule has 1 aliphatic rings. The lowest BCUT2D eigenvalue weighted by Gasteiger charge is -2.10. The van der Waals surface area contributed by atoms with Gasteiger partial charge in [0.25, 0.3) is 0 Å². The minimum absolute atomic E-state index is 0.497. The molecule has 0 unspecified atom stereocenters. The predicted molar refractivity (Wildman–Crippen MR) is 77.6 cm³/mol. The first-order valence-corrected chi connectivity index (χ1v) is 7.21. The molecule has 0 saturated heterocycles. The van der Waals surface area contributed by atoms with E-state index in [1.807, 2.05) is 12.1 Å². The third kappa shape index (κ3) is 4.45. The summed E-state index contributed by atoms with van der Waals surface area (Å²) in [6.07, 6.45) is 2.61. The van der Waals surface area contributed by atoms with E-state index in [2.05, 4.69) is 49.8 Å². The highest BCUT2D eigenvalue weighted by Gasteiger charge is 2.20. The van der Waals surface area contributed by atoms with Crippen molar-refractivity contribution in [1.82, 2.24) is 5.32 Å². The van der Waals surface area contributed by atoms with Crippen LogP contribution in [0, 0.1) is 0 Å². The average Bonchev–Trinajstić information content (AvgIpc) is 3.10. The van der Waals surface area contributed by atoms with Gasteiger partial charge in [-0.3, -0.25) is 0 Å². The van der Waals surface area contributed by atoms with Crippen molar-refractivity contribution in [3.05, 3.63) is 39.3 Å². The Labute approximate surface area is 119 Å². The number of hydrogen-bond acceptors (Lipinski definition) is 2. The molecule has 1 saturated carbocycles. The van der Waals surface area contributed by atoms with Gasteiger partial charge < -0.3 is 10.1 Å². The van der Waals surface area contributed by atoms with E-state index in [-0.39, 0.29) is 0 Å². The second-order valence-electron chi connectivity index (χ2n) is 4.21. The Balaban J connectivity index is 1.97. The summed E-state index contributed by atoms with van der Waals surface area (Å²) in [6.45, 7) is 5.13. The van der Waals surface area contributed by atoms with Crippen LogP contribution < -0.4 is 10.1 Å². The number of ether oxygens (including phenoxy) is 1. The third-order valence-corrected chi connectivity index (χ3v) is 3.57. The molecule has 1 fully saturated rings. The number of hydrogen-bond donors (Lipinski definition) is 1. The van der Waals surface area contributed by atoms with Gasteiger partial charge in [0.2, 0.25) is 0 Å². The molecule has 1 aromatic carbocycles. The topological polar surface area (TPSA) is 21.3 Å². The van der Waals surface area contributed by atoms with Gasteiger partial charge >= 0.3 is 0 Å². The fourth-order valence-corrected chi connectivity index (χ4v) is 1.98. The fraction of sp³-hybridized carbons (Fsp3) is 0.385. The van der Waals surface area contributed by atoms with E-state index >= 15 is 0 Å². The molecular formula is C13H15Br2NO. The van der Waals surface area contributed by atoms with Gasteiger partial charge in [-0.1, -0.05) is 38.4 Å². The highest BCUT2D eigenvalue weighted by atomic mass is 79.9. The Morgan fingerprint density at radius 3 is 2.88 bits per heavy atom. The maximum absolute atomic E-state index is 5.59. The molecule has 0 amide bonds. The highest BCUT2D eigenvalue weighted by molar-refractivity contribution is 9.11. The van der Waals surface area contributed by atoms with Crippen molar-refractivity contribution in [2.45, 2.75) is 25.4 Å². The Hall–Kier alpha value is -0.320. The van der Waals surface area contributed by atoms with Gasteiger partial charge in [0.05, 0.1) is 0 Å². The summed E-state index contributed by atoms with van der Waals surface area (Å²) in [5.41, 5.74) is 1.23. The summed E-state index contributed by atoms with van der Waals surface area (Å²) in [7, 11) is 0. The monoisotopic (exact) mass is 359 g/mol. The molecule has 0 spiro atoms. The lowest BCUT2D eigenvalue weighted by atomic mass is 10.2. The quantitative estimate of drug-likeness (QED) is 0.828. The van der Waals surface area contributed by atoms with Gasteiger partial charge in [0, 0.05) is 21.5 Å². The summed E-state index contributed by atoms with van der Waals surface area (Å²) < 4.78 is 7.56. The highest BCUT2D eigenvalue weighted by Crippen LogP contribution is 2.25. The van der Waals surface area contributed by atoms with Gasteiger partial charge in [-0.15, -0.1) is 0 Å². The van der Waals surface area contributed by atoms with E-state index in [1.54, 1.807) is 0 Å². The smallest absolute Gasteiger partial charge is 0.120 e. The van der Waals surface area contributed by atoms with Crippen molar-refractivity contribution in [1.29, 1.82) is 0 Å². The van der Waals surface area contributed by atoms with Gasteiger partial charge in [-0.05, 0) is 36.6 Å². The molecule has 92 valence electrons. The second kappa shape index (κ2) is 6.03. The Morgan fingerprint density at radius 1 is 1.47 bits per heavy atom. The third-order valence-electron chi connectivity index (χ3n) is 2.57. The minimum Gasteiger partial charge on any atom is -0.488 e. The molecule has 2 nitrogen and oxygen atoms in total. The molecule has 0 radical (unpaired) electrons. The molecular weight excluding hydrogens is 346 g/mol.